The van der Waals surface area contributed by atoms with E-state index in [4.69, 9.17) is 9.47 Å². The summed E-state index contributed by atoms with van der Waals surface area (Å²) in [7, 11) is 0. The van der Waals surface area contributed by atoms with E-state index in [0.29, 0.717) is 26.2 Å². The lowest BCUT2D eigenvalue weighted by Gasteiger charge is -2.13. The molecule has 0 bridgehead atoms. The van der Waals surface area contributed by atoms with Gasteiger partial charge < -0.3 is 14.8 Å². The van der Waals surface area contributed by atoms with Gasteiger partial charge in [0.2, 0.25) is 0 Å². The molecule has 2 aliphatic heterocycles. The average molecular weight is 377 g/mol. The molecule has 0 spiro atoms. The van der Waals surface area contributed by atoms with Crippen LogP contribution >= 0.6 is 0 Å². The number of halogens is 3. The predicted molar refractivity (Wildman–Crippen MR) is 92.3 cm³/mol. The third kappa shape index (κ3) is 3.46. The van der Waals surface area contributed by atoms with Gasteiger partial charge in [0.15, 0.2) is 0 Å². The van der Waals surface area contributed by atoms with Gasteiger partial charge in [-0.05, 0) is 36.8 Å². The number of benzene rings is 2. The number of fused-ring (bicyclic) bond motifs is 2. The summed E-state index contributed by atoms with van der Waals surface area (Å²) in [5, 5.41) is 2.77. The van der Waals surface area contributed by atoms with E-state index in [9.17, 15) is 18.0 Å². The number of hydrogen-bond acceptors (Lipinski definition) is 3. The van der Waals surface area contributed by atoms with Crippen molar-refractivity contribution in [3.63, 3.8) is 0 Å². The van der Waals surface area contributed by atoms with Crippen LogP contribution in [0.3, 0.4) is 0 Å². The van der Waals surface area contributed by atoms with Crippen molar-refractivity contribution in [1.29, 1.82) is 0 Å². The summed E-state index contributed by atoms with van der Waals surface area (Å²) in [5.41, 5.74) is 2.74. The van der Waals surface area contributed by atoms with Crippen molar-refractivity contribution < 1.29 is 27.4 Å². The Labute approximate surface area is 154 Å². The highest BCUT2D eigenvalue weighted by atomic mass is 19.4. The number of amides is 1. The molecule has 4 nitrogen and oxygen atoms in total. The van der Waals surface area contributed by atoms with Crippen molar-refractivity contribution in [3.05, 3.63) is 58.1 Å². The van der Waals surface area contributed by atoms with Crippen LogP contribution in [0.15, 0.2) is 30.3 Å². The van der Waals surface area contributed by atoms with E-state index in [2.05, 4.69) is 5.32 Å². The Hall–Kier alpha value is -2.70. The minimum atomic E-state index is -4.41. The largest absolute Gasteiger partial charge is 0.493 e. The number of hydrogen-bond donors (Lipinski definition) is 1. The third-order valence-corrected chi connectivity index (χ3v) is 4.90. The van der Waals surface area contributed by atoms with Crippen LogP contribution < -0.4 is 14.8 Å². The molecule has 27 heavy (non-hydrogen) atoms. The molecular weight excluding hydrogens is 359 g/mol. The van der Waals surface area contributed by atoms with Gasteiger partial charge in [-0.2, -0.15) is 13.2 Å². The first-order chi connectivity index (χ1) is 12.9. The number of carbonyl (C=O) groups is 1. The van der Waals surface area contributed by atoms with Gasteiger partial charge in [0.1, 0.15) is 11.5 Å². The van der Waals surface area contributed by atoms with Gasteiger partial charge >= 0.3 is 6.18 Å². The highest BCUT2D eigenvalue weighted by Gasteiger charge is 2.30. The second-order valence-electron chi connectivity index (χ2n) is 6.60. The van der Waals surface area contributed by atoms with E-state index in [1.54, 1.807) is 0 Å². The van der Waals surface area contributed by atoms with Crippen LogP contribution in [-0.2, 0) is 25.4 Å². The molecule has 0 unspecified atom stereocenters. The van der Waals surface area contributed by atoms with E-state index < -0.39 is 17.6 Å². The zero-order valence-corrected chi connectivity index (χ0v) is 14.5. The molecule has 0 atom stereocenters. The number of alkyl halides is 3. The van der Waals surface area contributed by atoms with Crippen LogP contribution in [-0.4, -0.2) is 25.7 Å². The number of nitrogens with one attached hydrogen (secondary N) is 1. The van der Waals surface area contributed by atoms with Gasteiger partial charge in [0.25, 0.3) is 5.91 Å². The van der Waals surface area contributed by atoms with Gasteiger partial charge in [-0.1, -0.05) is 0 Å². The maximum atomic E-state index is 12.6. The number of rotatable bonds is 4. The maximum absolute atomic E-state index is 12.6. The normalized spacial score (nSPS) is 14.9. The first-order valence-corrected chi connectivity index (χ1v) is 8.82. The monoisotopic (exact) mass is 377 g/mol. The third-order valence-electron chi connectivity index (χ3n) is 4.90. The Bertz CT molecular complexity index is 843. The predicted octanol–water partition coefficient (Wildman–Crippen LogP) is 3.55. The van der Waals surface area contributed by atoms with E-state index in [1.165, 1.54) is 12.1 Å². The topological polar surface area (TPSA) is 47.6 Å². The molecule has 0 saturated carbocycles. The summed E-state index contributed by atoms with van der Waals surface area (Å²) < 4.78 is 49.3. The highest BCUT2D eigenvalue weighted by Crippen LogP contribution is 2.40. The van der Waals surface area contributed by atoms with Gasteiger partial charge in [-0.3, -0.25) is 4.79 Å². The molecule has 4 rings (SSSR count). The minimum Gasteiger partial charge on any atom is -0.493 e. The van der Waals surface area contributed by atoms with Gasteiger partial charge in [0.05, 0.1) is 18.8 Å². The van der Waals surface area contributed by atoms with Gasteiger partial charge in [-0.25, -0.2) is 0 Å². The highest BCUT2D eigenvalue weighted by molar-refractivity contribution is 5.94. The first-order valence-electron chi connectivity index (χ1n) is 8.82. The molecule has 2 aliphatic rings. The van der Waals surface area contributed by atoms with Crippen LogP contribution in [0, 0.1) is 0 Å². The minimum absolute atomic E-state index is 0.200. The SMILES string of the molecule is O=C(NCCc1c2c(cc3c1OCC3)OCC2)c1ccc(C(F)(F)F)cc1. The van der Waals surface area contributed by atoms with E-state index in [0.717, 1.165) is 53.2 Å². The zero-order valence-electron chi connectivity index (χ0n) is 14.5. The summed E-state index contributed by atoms with van der Waals surface area (Å²) in [6.07, 6.45) is -2.17. The summed E-state index contributed by atoms with van der Waals surface area (Å²) in [6, 6.07) is 6.24. The Morgan fingerprint density at radius 3 is 2.56 bits per heavy atom. The Morgan fingerprint density at radius 2 is 1.81 bits per heavy atom. The lowest BCUT2D eigenvalue weighted by molar-refractivity contribution is -0.137. The number of carbonyl (C=O) groups excluding carboxylic acids is 1. The molecule has 142 valence electrons. The quantitative estimate of drug-likeness (QED) is 0.887. The van der Waals surface area contributed by atoms with Crippen LogP contribution in [0.25, 0.3) is 0 Å². The summed E-state index contributed by atoms with van der Waals surface area (Å²) in [5.74, 6) is 1.39. The molecule has 2 aromatic rings. The van der Waals surface area contributed by atoms with Crippen molar-refractivity contribution >= 4 is 5.91 Å². The van der Waals surface area contributed by atoms with Gasteiger partial charge in [-0.15, -0.1) is 0 Å². The fourth-order valence-electron chi connectivity index (χ4n) is 3.56. The van der Waals surface area contributed by atoms with Crippen molar-refractivity contribution in [2.24, 2.45) is 0 Å². The molecule has 0 aromatic heterocycles. The lowest BCUT2D eigenvalue weighted by atomic mass is 9.97. The Kier molecular flexibility index (Phi) is 4.45. The van der Waals surface area contributed by atoms with Crippen molar-refractivity contribution in [3.8, 4) is 11.5 Å². The van der Waals surface area contributed by atoms with Crippen molar-refractivity contribution in [2.45, 2.75) is 25.4 Å². The standard InChI is InChI=1S/C20H18F3NO3/c21-20(22,23)14-3-1-12(2-4-14)19(25)24-8-5-16-15-7-10-26-17(15)11-13-6-9-27-18(13)16/h1-4,11H,5-10H2,(H,24,25). The summed E-state index contributed by atoms with van der Waals surface area (Å²) in [4.78, 5) is 12.2. The van der Waals surface area contributed by atoms with Crippen molar-refractivity contribution in [1.82, 2.24) is 5.32 Å². The average Bonchev–Trinajstić information content (AvgIpc) is 3.29. The maximum Gasteiger partial charge on any atom is 0.416 e. The Morgan fingerprint density at radius 1 is 1.07 bits per heavy atom. The second kappa shape index (κ2) is 6.79. The van der Waals surface area contributed by atoms with E-state index in [-0.39, 0.29) is 5.56 Å². The molecule has 1 amide bonds. The van der Waals surface area contributed by atoms with Crippen molar-refractivity contribution in [2.75, 3.05) is 19.8 Å². The van der Waals surface area contributed by atoms with Gasteiger partial charge in [0, 0.05) is 41.6 Å². The molecule has 0 radical (unpaired) electrons. The second-order valence-corrected chi connectivity index (χ2v) is 6.60. The zero-order chi connectivity index (χ0) is 19.0. The smallest absolute Gasteiger partial charge is 0.416 e. The summed E-state index contributed by atoms with van der Waals surface area (Å²) >= 11 is 0. The fraction of sp³-hybridized carbons (Fsp3) is 0.350. The van der Waals surface area contributed by atoms with E-state index >= 15 is 0 Å². The van der Waals surface area contributed by atoms with Crippen LogP contribution in [0.4, 0.5) is 13.2 Å². The van der Waals surface area contributed by atoms with Crippen LogP contribution in [0.5, 0.6) is 11.5 Å². The molecule has 0 aliphatic carbocycles. The molecule has 2 aromatic carbocycles. The lowest BCUT2D eigenvalue weighted by Crippen LogP contribution is -2.26. The fourth-order valence-corrected chi connectivity index (χ4v) is 3.56. The molecule has 1 N–H and O–H groups in total. The van der Waals surface area contributed by atoms with E-state index in [1.807, 2.05) is 6.07 Å². The van der Waals surface area contributed by atoms with Crippen LogP contribution in [0.2, 0.25) is 0 Å². The van der Waals surface area contributed by atoms with Crippen LogP contribution in [0.1, 0.15) is 32.6 Å². The molecule has 2 heterocycles. The first kappa shape index (κ1) is 17.7. The number of ether oxygens (including phenoxy) is 2. The molecule has 0 fully saturated rings. The Balaban J connectivity index is 1.43. The molecule has 7 heteroatoms. The molecule has 0 saturated heterocycles. The summed E-state index contributed by atoms with van der Waals surface area (Å²) in [6.45, 7) is 1.65. The molecular formula is C20H18F3NO3.